The van der Waals surface area contributed by atoms with Crippen LogP contribution in [0.15, 0.2) is 18.3 Å². The van der Waals surface area contributed by atoms with Crippen molar-refractivity contribution in [3.63, 3.8) is 0 Å². The second kappa shape index (κ2) is 5.25. The van der Waals surface area contributed by atoms with Crippen LogP contribution in [-0.2, 0) is 6.54 Å². The van der Waals surface area contributed by atoms with Crippen molar-refractivity contribution in [1.29, 1.82) is 0 Å². The number of carbonyl (C=O) groups excluding carboxylic acids is 1. The van der Waals surface area contributed by atoms with Crippen molar-refractivity contribution < 1.29 is 9.90 Å². The number of nitrogens with two attached hydrogens (primary N) is 1. The van der Waals surface area contributed by atoms with E-state index in [-0.39, 0.29) is 12.1 Å². The molecule has 0 aromatic carbocycles. The molecule has 0 spiro atoms. The topological polar surface area (TPSA) is 88.2 Å². The van der Waals surface area contributed by atoms with E-state index in [1.807, 2.05) is 6.07 Å². The summed E-state index contributed by atoms with van der Waals surface area (Å²) < 4.78 is 0. The summed E-state index contributed by atoms with van der Waals surface area (Å²) in [5.41, 5.74) is 6.32. The van der Waals surface area contributed by atoms with Crippen molar-refractivity contribution in [2.24, 2.45) is 5.73 Å². The summed E-state index contributed by atoms with van der Waals surface area (Å²) in [4.78, 5) is 15.1. The zero-order chi connectivity index (χ0) is 12.3. The van der Waals surface area contributed by atoms with Crippen LogP contribution in [0.5, 0.6) is 0 Å². The molecule has 0 unspecified atom stereocenters. The van der Waals surface area contributed by atoms with Crippen molar-refractivity contribution in [3.05, 3.63) is 29.6 Å². The Labute approximate surface area is 100 Å². The molecule has 0 radical (unpaired) electrons. The molecular weight excluding hydrogens is 218 g/mol. The fraction of sp³-hybridized carbons (Fsp3) is 0.500. The van der Waals surface area contributed by atoms with Crippen LogP contribution in [0.2, 0.25) is 0 Å². The highest BCUT2D eigenvalue weighted by Crippen LogP contribution is 2.19. The zero-order valence-corrected chi connectivity index (χ0v) is 9.60. The average Bonchev–Trinajstić information content (AvgIpc) is 2.72. The lowest BCUT2D eigenvalue weighted by molar-refractivity contribution is 0.0994. The lowest BCUT2D eigenvalue weighted by Gasteiger charge is -2.16. The minimum Gasteiger partial charge on any atom is -0.392 e. The van der Waals surface area contributed by atoms with E-state index in [9.17, 15) is 9.90 Å². The Morgan fingerprint density at radius 1 is 1.59 bits per heavy atom. The standard InChI is InChI=1S/C12H17N3O2/c13-12(17)11-8(3-2-6-14-11)7-15-9-4-1-5-10(9)16/h2-3,6,9-10,15-16H,1,4-5,7H2,(H2,13,17)/t9-,10-/m0/s1. The molecular formula is C12H17N3O2. The van der Waals surface area contributed by atoms with E-state index in [1.165, 1.54) is 0 Å². The molecule has 5 nitrogen and oxygen atoms in total. The van der Waals surface area contributed by atoms with Crippen LogP contribution in [0.1, 0.15) is 35.3 Å². The molecule has 1 aliphatic carbocycles. The molecule has 5 heteroatoms. The van der Waals surface area contributed by atoms with Crippen molar-refractivity contribution in [2.75, 3.05) is 0 Å². The number of nitrogens with one attached hydrogen (secondary N) is 1. The van der Waals surface area contributed by atoms with Crippen molar-refractivity contribution >= 4 is 5.91 Å². The van der Waals surface area contributed by atoms with E-state index in [2.05, 4.69) is 10.3 Å². The van der Waals surface area contributed by atoms with E-state index >= 15 is 0 Å². The van der Waals surface area contributed by atoms with Gasteiger partial charge in [0, 0.05) is 18.8 Å². The van der Waals surface area contributed by atoms with Gasteiger partial charge in [0.05, 0.1) is 6.10 Å². The monoisotopic (exact) mass is 235 g/mol. The molecule has 0 saturated heterocycles. The quantitative estimate of drug-likeness (QED) is 0.694. The first-order chi connectivity index (χ1) is 8.18. The van der Waals surface area contributed by atoms with Gasteiger partial charge in [0.2, 0.25) is 0 Å². The molecule has 17 heavy (non-hydrogen) atoms. The molecule has 2 rings (SSSR count). The maximum absolute atomic E-state index is 11.2. The number of rotatable bonds is 4. The molecule has 1 aromatic heterocycles. The van der Waals surface area contributed by atoms with Crippen LogP contribution >= 0.6 is 0 Å². The summed E-state index contributed by atoms with van der Waals surface area (Å²) in [5, 5.41) is 12.9. The summed E-state index contributed by atoms with van der Waals surface area (Å²) in [7, 11) is 0. The number of hydrogen-bond donors (Lipinski definition) is 3. The van der Waals surface area contributed by atoms with Gasteiger partial charge in [-0.25, -0.2) is 0 Å². The first-order valence-corrected chi connectivity index (χ1v) is 5.83. The molecule has 0 aliphatic heterocycles. The summed E-state index contributed by atoms with van der Waals surface area (Å²) in [6, 6.07) is 3.70. The molecule has 1 fully saturated rings. The number of hydrogen-bond acceptors (Lipinski definition) is 4. The lowest BCUT2D eigenvalue weighted by Crippen LogP contribution is -2.35. The Balaban J connectivity index is 2.01. The molecule has 92 valence electrons. The van der Waals surface area contributed by atoms with Crippen LogP contribution in [0.25, 0.3) is 0 Å². The van der Waals surface area contributed by atoms with Crippen LogP contribution < -0.4 is 11.1 Å². The fourth-order valence-corrected chi connectivity index (χ4v) is 2.22. The Kier molecular flexibility index (Phi) is 3.71. The van der Waals surface area contributed by atoms with Gasteiger partial charge in [-0.05, 0) is 30.9 Å². The number of amides is 1. The third-order valence-corrected chi connectivity index (χ3v) is 3.16. The van der Waals surface area contributed by atoms with E-state index in [0.29, 0.717) is 12.2 Å². The van der Waals surface area contributed by atoms with Crippen LogP contribution in [0, 0.1) is 0 Å². The van der Waals surface area contributed by atoms with Crippen molar-refractivity contribution in [3.8, 4) is 0 Å². The smallest absolute Gasteiger partial charge is 0.267 e. The first-order valence-electron chi connectivity index (χ1n) is 5.83. The third-order valence-electron chi connectivity index (χ3n) is 3.16. The second-order valence-corrected chi connectivity index (χ2v) is 4.36. The number of carbonyl (C=O) groups is 1. The summed E-state index contributed by atoms with van der Waals surface area (Å²) in [5.74, 6) is -0.519. The Morgan fingerprint density at radius 2 is 2.41 bits per heavy atom. The van der Waals surface area contributed by atoms with Gasteiger partial charge in [-0.2, -0.15) is 0 Å². The van der Waals surface area contributed by atoms with Gasteiger partial charge in [-0.3, -0.25) is 9.78 Å². The van der Waals surface area contributed by atoms with Gasteiger partial charge in [-0.1, -0.05) is 6.07 Å². The zero-order valence-electron chi connectivity index (χ0n) is 9.60. The molecule has 1 heterocycles. The van der Waals surface area contributed by atoms with E-state index < -0.39 is 5.91 Å². The maximum atomic E-state index is 11.2. The number of aliphatic hydroxyl groups is 1. The van der Waals surface area contributed by atoms with Gasteiger partial charge < -0.3 is 16.2 Å². The molecule has 1 aromatic rings. The molecule has 1 aliphatic rings. The minimum absolute atomic E-state index is 0.107. The first kappa shape index (κ1) is 12.0. The molecule has 1 amide bonds. The van der Waals surface area contributed by atoms with E-state index in [0.717, 1.165) is 24.8 Å². The van der Waals surface area contributed by atoms with E-state index in [4.69, 9.17) is 5.73 Å². The van der Waals surface area contributed by atoms with Crippen molar-refractivity contribution in [1.82, 2.24) is 10.3 Å². The highest BCUT2D eigenvalue weighted by Gasteiger charge is 2.24. The van der Waals surface area contributed by atoms with Gasteiger partial charge in [-0.15, -0.1) is 0 Å². The molecule has 0 bridgehead atoms. The third kappa shape index (κ3) is 2.81. The van der Waals surface area contributed by atoms with Gasteiger partial charge in [0.1, 0.15) is 5.69 Å². The Hall–Kier alpha value is -1.46. The van der Waals surface area contributed by atoms with E-state index in [1.54, 1.807) is 12.3 Å². The second-order valence-electron chi connectivity index (χ2n) is 4.36. The molecule has 4 N–H and O–H groups in total. The largest absolute Gasteiger partial charge is 0.392 e. The van der Waals surface area contributed by atoms with Crippen molar-refractivity contribution in [2.45, 2.75) is 38.0 Å². The predicted octanol–water partition coefficient (Wildman–Crippen LogP) is 0.183. The SMILES string of the molecule is NC(=O)c1ncccc1CN[C@H]1CCC[C@@H]1O. The summed E-state index contributed by atoms with van der Waals surface area (Å²) in [6.07, 6.45) is 4.10. The number of pyridine rings is 1. The number of primary amides is 1. The maximum Gasteiger partial charge on any atom is 0.267 e. The van der Waals surface area contributed by atoms with Crippen LogP contribution in [0.3, 0.4) is 0 Å². The predicted molar refractivity (Wildman–Crippen MR) is 63.2 cm³/mol. The number of nitrogens with zero attached hydrogens (tertiary/aromatic N) is 1. The van der Waals surface area contributed by atoms with Gasteiger partial charge in [0.15, 0.2) is 0 Å². The lowest BCUT2D eigenvalue weighted by atomic mass is 10.1. The normalized spacial score (nSPS) is 23.8. The minimum atomic E-state index is -0.519. The summed E-state index contributed by atoms with van der Waals surface area (Å²) in [6.45, 7) is 0.508. The Bertz CT molecular complexity index is 408. The van der Waals surface area contributed by atoms with Gasteiger partial charge in [0.25, 0.3) is 5.91 Å². The molecule has 1 saturated carbocycles. The van der Waals surface area contributed by atoms with Gasteiger partial charge >= 0.3 is 0 Å². The number of aliphatic hydroxyl groups excluding tert-OH is 1. The molecule has 2 atom stereocenters. The fourth-order valence-electron chi connectivity index (χ4n) is 2.22. The Morgan fingerprint density at radius 3 is 3.06 bits per heavy atom. The van der Waals surface area contributed by atoms with Crippen LogP contribution in [0.4, 0.5) is 0 Å². The van der Waals surface area contributed by atoms with Crippen LogP contribution in [-0.4, -0.2) is 28.1 Å². The number of aromatic nitrogens is 1. The summed E-state index contributed by atoms with van der Waals surface area (Å²) >= 11 is 0. The highest BCUT2D eigenvalue weighted by atomic mass is 16.3. The highest BCUT2D eigenvalue weighted by molar-refractivity contribution is 5.92. The average molecular weight is 235 g/mol.